The van der Waals surface area contributed by atoms with Gasteiger partial charge in [-0.15, -0.1) is 0 Å². The zero-order valence-corrected chi connectivity index (χ0v) is 8.70. The van der Waals surface area contributed by atoms with E-state index in [4.69, 9.17) is 5.73 Å². The molecule has 0 heterocycles. The molecule has 3 atom stereocenters. The average molecular weight is 200 g/mol. The smallest absolute Gasteiger partial charge is 0.236 e. The molecule has 0 saturated heterocycles. The maximum absolute atomic E-state index is 11.2. The summed E-state index contributed by atoms with van der Waals surface area (Å²) in [5.41, 5.74) is 5.42. The number of nitrogens with two attached hydrogens (primary N) is 1. The number of nitrogens with one attached hydrogen (secondary N) is 1. The molecule has 0 aromatic heterocycles. The van der Waals surface area contributed by atoms with Crippen molar-refractivity contribution in [1.29, 1.82) is 0 Å². The van der Waals surface area contributed by atoms with Crippen LogP contribution in [-0.2, 0) is 4.79 Å². The summed E-state index contributed by atoms with van der Waals surface area (Å²) in [6, 6.07) is -0.441. The van der Waals surface area contributed by atoms with Crippen molar-refractivity contribution >= 4 is 5.91 Å². The number of hydrogen-bond acceptors (Lipinski definition) is 3. The van der Waals surface area contributed by atoms with E-state index in [0.717, 1.165) is 25.7 Å². The molecule has 0 spiro atoms. The molecule has 14 heavy (non-hydrogen) atoms. The largest absolute Gasteiger partial charge is 0.393 e. The molecule has 1 amide bonds. The lowest BCUT2D eigenvalue weighted by molar-refractivity contribution is -0.122. The van der Waals surface area contributed by atoms with Crippen molar-refractivity contribution in [2.45, 2.75) is 44.8 Å². The molecule has 0 bridgehead atoms. The standard InChI is InChI=1S/C10H20N2O2/c1-7(11)10(14)12-6-8-3-2-4-9(13)5-8/h7-9,13H,2-6,11H2,1H3,(H,12,14)/t7-,8?,9?/m1/s1. The van der Waals surface area contributed by atoms with E-state index < -0.39 is 6.04 Å². The predicted molar refractivity (Wildman–Crippen MR) is 54.6 cm³/mol. The molecule has 2 unspecified atom stereocenters. The molecule has 1 rings (SSSR count). The molecular formula is C10H20N2O2. The zero-order valence-electron chi connectivity index (χ0n) is 8.70. The van der Waals surface area contributed by atoms with Crippen LogP contribution in [0, 0.1) is 5.92 Å². The highest BCUT2D eigenvalue weighted by atomic mass is 16.3. The number of carbonyl (C=O) groups excluding carboxylic acids is 1. The van der Waals surface area contributed by atoms with Gasteiger partial charge in [0.25, 0.3) is 0 Å². The second-order valence-electron chi connectivity index (χ2n) is 4.22. The summed E-state index contributed by atoms with van der Waals surface area (Å²) in [4.78, 5) is 11.2. The molecule has 0 aromatic carbocycles. The van der Waals surface area contributed by atoms with Crippen molar-refractivity contribution in [1.82, 2.24) is 5.32 Å². The first kappa shape index (κ1) is 11.5. The molecule has 4 nitrogen and oxygen atoms in total. The maximum Gasteiger partial charge on any atom is 0.236 e. The Morgan fingerprint density at radius 1 is 1.64 bits per heavy atom. The van der Waals surface area contributed by atoms with Crippen LogP contribution in [0.1, 0.15) is 32.6 Å². The van der Waals surface area contributed by atoms with Crippen LogP contribution in [0.3, 0.4) is 0 Å². The van der Waals surface area contributed by atoms with Crippen LogP contribution in [0.15, 0.2) is 0 Å². The fourth-order valence-electron chi connectivity index (χ4n) is 1.85. The normalized spacial score (nSPS) is 29.6. The average Bonchev–Trinajstić information content (AvgIpc) is 2.14. The Morgan fingerprint density at radius 2 is 2.36 bits per heavy atom. The molecule has 1 fully saturated rings. The third-order valence-corrected chi connectivity index (χ3v) is 2.73. The topological polar surface area (TPSA) is 75.4 Å². The van der Waals surface area contributed by atoms with Gasteiger partial charge in [0.1, 0.15) is 0 Å². The maximum atomic E-state index is 11.2. The van der Waals surface area contributed by atoms with Crippen LogP contribution in [-0.4, -0.2) is 29.7 Å². The lowest BCUT2D eigenvalue weighted by atomic mass is 9.87. The molecule has 1 saturated carbocycles. The first-order valence-corrected chi connectivity index (χ1v) is 5.31. The van der Waals surface area contributed by atoms with Gasteiger partial charge in [-0.1, -0.05) is 6.42 Å². The lowest BCUT2D eigenvalue weighted by Crippen LogP contribution is -2.41. The molecule has 4 N–H and O–H groups in total. The highest BCUT2D eigenvalue weighted by molar-refractivity contribution is 5.80. The monoisotopic (exact) mass is 200 g/mol. The molecule has 0 radical (unpaired) electrons. The van der Waals surface area contributed by atoms with Crippen LogP contribution < -0.4 is 11.1 Å². The Bertz CT molecular complexity index is 195. The van der Waals surface area contributed by atoms with E-state index in [-0.39, 0.29) is 12.0 Å². The number of aliphatic hydroxyl groups excluding tert-OH is 1. The highest BCUT2D eigenvalue weighted by Crippen LogP contribution is 2.23. The fraction of sp³-hybridized carbons (Fsp3) is 0.900. The van der Waals surface area contributed by atoms with Gasteiger partial charge < -0.3 is 16.2 Å². The minimum Gasteiger partial charge on any atom is -0.393 e. The van der Waals surface area contributed by atoms with Gasteiger partial charge in [0.05, 0.1) is 12.1 Å². The number of rotatable bonds is 3. The van der Waals surface area contributed by atoms with Gasteiger partial charge in [0.2, 0.25) is 5.91 Å². The van der Waals surface area contributed by atoms with Crippen molar-refractivity contribution in [2.75, 3.05) is 6.54 Å². The summed E-state index contributed by atoms with van der Waals surface area (Å²) in [6.45, 7) is 2.32. The number of amides is 1. The second kappa shape index (κ2) is 5.32. The van der Waals surface area contributed by atoms with Gasteiger partial charge in [-0.2, -0.15) is 0 Å². The van der Waals surface area contributed by atoms with Crippen molar-refractivity contribution in [3.8, 4) is 0 Å². The Morgan fingerprint density at radius 3 is 2.93 bits per heavy atom. The van der Waals surface area contributed by atoms with E-state index in [1.165, 1.54) is 0 Å². The van der Waals surface area contributed by atoms with E-state index in [1.807, 2.05) is 0 Å². The van der Waals surface area contributed by atoms with Crippen LogP contribution in [0.5, 0.6) is 0 Å². The van der Waals surface area contributed by atoms with Crippen molar-refractivity contribution in [2.24, 2.45) is 11.7 Å². The SMILES string of the molecule is C[C@@H](N)C(=O)NCC1CCCC(O)C1. The van der Waals surface area contributed by atoms with E-state index in [1.54, 1.807) is 6.92 Å². The van der Waals surface area contributed by atoms with Crippen LogP contribution >= 0.6 is 0 Å². The third kappa shape index (κ3) is 3.64. The second-order valence-corrected chi connectivity index (χ2v) is 4.22. The van der Waals surface area contributed by atoms with Crippen LogP contribution in [0.2, 0.25) is 0 Å². The molecule has 0 aromatic rings. The minimum atomic E-state index is -0.441. The zero-order chi connectivity index (χ0) is 10.6. The van der Waals surface area contributed by atoms with Crippen molar-refractivity contribution in [3.05, 3.63) is 0 Å². The van der Waals surface area contributed by atoms with Gasteiger partial charge >= 0.3 is 0 Å². The Hall–Kier alpha value is -0.610. The van der Waals surface area contributed by atoms with Crippen molar-refractivity contribution in [3.63, 3.8) is 0 Å². The minimum absolute atomic E-state index is 0.106. The fourth-order valence-corrected chi connectivity index (χ4v) is 1.85. The van der Waals surface area contributed by atoms with Crippen molar-refractivity contribution < 1.29 is 9.90 Å². The third-order valence-electron chi connectivity index (χ3n) is 2.73. The quantitative estimate of drug-likeness (QED) is 0.600. The summed E-state index contributed by atoms with van der Waals surface area (Å²) in [6.07, 6.45) is 3.67. The lowest BCUT2D eigenvalue weighted by Gasteiger charge is -2.26. The van der Waals surface area contributed by atoms with Gasteiger partial charge in [0, 0.05) is 6.54 Å². The van der Waals surface area contributed by atoms with E-state index in [0.29, 0.717) is 12.5 Å². The Kier molecular flexibility index (Phi) is 4.35. The van der Waals surface area contributed by atoms with Crippen LogP contribution in [0.25, 0.3) is 0 Å². The molecule has 82 valence electrons. The first-order chi connectivity index (χ1) is 6.59. The summed E-state index contributed by atoms with van der Waals surface area (Å²) >= 11 is 0. The van der Waals surface area contributed by atoms with Gasteiger partial charge in [0.15, 0.2) is 0 Å². The summed E-state index contributed by atoms with van der Waals surface area (Å²) in [7, 11) is 0. The van der Waals surface area contributed by atoms with E-state index in [2.05, 4.69) is 5.32 Å². The molecule has 0 aliphatic heterocycles. The molecule has 1 aliphatic rings. The molecular weight excluding hydrogens is 180 g/mol. The summed E-state index contributed by atoms with van der Waals surface area (Å²) in [5, 5.41) is 12.2. The first-order valence-electron chi connectivity index (χ1n) is 5.31. The predicted octanol–water partition coefficient (Wildman–Crippen LogP) is 0.000900. The van der Waals surface area contributed by atoms with E-state index in [9.17, 15) is 9.90 Å². The number of hydrogen-bond donors (Lipinski definition) is 3. The van der Waals surface area contributed by atoms with E-state index >= 15 is 0 Å². The number of aliphatic hydroxyl groups is 1. The summed E-state index contributed by atoms with van der Waals surface area (Å²) < 4.78 is 0. The highest BCUT2D eigenvalue weighted by Gasteiger charge is 2.20. The molecule has 1 aliphatic carbocycles. The Balaban J connectivity index is 2.20. The Labute approximate surface area is 84.9 Å². The molecule has 4 heteroatoms. The van der Waals surface area contributed by atoms with Gasteiger partial charge in [-0.3, -0.25) is 4.79 Å². The van der Waals surface area contributed by atoms with Crippen LogP contribution in [0.4, 0.5) is 0 Å². The number of carbonyl (C=O) groups is 1. The van der Waals surface area contributed by atoms with Gasteiger partial charge in [-0.25, -0.2) is 0 Å². The summed E-state index contributed by atoms with van der Waals surface area (Å²) in [5.74, 6) is 0.312. The van der Waals surface area contributed by atoms with Gasteiger partial charge in [-0.05, 0) is 32.1 Å².